The Bertz CT molecular complexity index is 453. The summed E-state index contributed by atoms with van der Waals surface area (Å²) in [5, 5.41) is 2.48. The molecule has 1 aromatic heterocycles. The minimum Gasteiger partial charge on any atom is -0.459 e. The standard InChI is InChI=1S/C12H16N2O5/c1-7(2)10(12(17)19-6-9(13)15)14-11(16)8-4-3-5-18-8/h3-5,7,10H,6H2,1-2H3,(H2,13,15)(H,14,16)/t10-/m0/s1. The molecule has 7 heteroatoms. The van der Waals surface area contributed by atoms with Crippen LogP contribution in [0.3, 0.4) is 0 Å². The lowest BCUT2D eigenvalue weighted by Gasteiger charge is -2.19. The van der Waals surface area contributed by atoms with Crippen molar-refractivity contribution in [1.82, 2.24) is 5.32 Å². The van der Waals surface area contributed by atoms with E-state index in [0.29, 0.717) is 0 Å². The van der Waals surface area contributed by atoms with E-state index in [0.717, 1.165) is 0 Å². The van der Waals surface area contributed by atoms with E-state index >= 15 is 0 Å². The molecule has 0 saturated carbocycles. The van der Waals surface area contributed by atoms with Gasteiger partial charge in [0.05, 0.1) is 6.26 Å². The zero-order chi connectivity index (χ0) is 14.4. The van der Waals surface area contributed by atoms with Gasteiger partial charge in [0.25, 0.3) is 11.8 Å². The molecule has 0 aliphatic heterocycles. The first-order valence-corrected chi connectivity index (χ1v) is 5.71. The number of furan rings is 1. The monoisotopic (exact) mass is 268 g/mol. The molecule has 19 heavy (non-hydrogen) atoms. The number of rotatable bonds is 6. The van der Waals surface area contributed by atoms with Crippen LogP contribution in [0.25, 0.3) is 0 Å². The SMILES string of the molecule is CC(C)[C@H](NC(=O)c1ccco1)C(=O)OCC(N)=O. The summed E-state index contributed by atoms with van der Waals surface area (Å²) in [5.41, 5.74) is 4.88. The summed E-state index contributed by atoms with van der Waals surface area (Å²) in [4.78, 5) is 34.0. The predicted molar refractivity (Wildman–Crippen MR) is 65.0 cm³/mol. The van der Waals surface area contributed by atoms with E-state index in [9.17, 15) is 14.4 Å². The van der Waals surface area contributed by atoms with Gasteiger partial charge >= 0.3 is 5.97 Å². The first-order chi connectivity index (χ1) is 8.91. The second kappa shape index (κ2) is 6.58. The van der Waals surface area contributed by atoms with Gasteiger partial charge in [0.1, 0.15) is 6.04 Å². The Hall–Kier alpha value is -2.31. The fraction of sp³-hybridized carbons (Fsp3) is 0.417. The second-order valence-corrected chi connectivity index (χ2v) is 4.25. The average molecular weight is 268 g/mol. The van der Waals surface area contributed by atoms with Crippen molar-refractivity contribution < 1.29 is 23.5 Å². The Labute approximate surface area is 110 Å². The van der Waals surface area contributed by atoms with Crippen LogP contribution in [0, 0.1) is 5.92 Å². The van der Waals surface area contributed by atoms with Crippen molar-refractivity contribution in [2.24, 2.45) is 11.7 Å². The largest absolute Gasteiger partial charge is 0.459 e. The highest BCUT2D eigenvalue weighted by Crippen LogP contribution is 2.07. The number of primary amides is 1. The van der Waals surface area contributed by atoms with E-state index in [2.05, 4.69) is 10.1 Å². The van der Waals surface area contributed by atoms with Crippen LogP contribution in [0.1, 0.15) is 24.4 Å². The first kappa shape index (κ1) is 14.7. The van der Waals surface area contributed by atoms with Crippen molar-refractivity contribution in [3.05, 3.63) is 24.2 Å². The van der Waals surface area contributed by atoms with Gasteiger partial charge in [-0.25, -0.2) is 4.79 Å². The Kier molecular flexibility index (Phi) is 5.11. The molecule has 2 amide bonds. The Morgan fingerprint density at radius 2 is 2.11 bits per heavy atom. The van der Waals surface area contributed by atoms with Crippen LogP contribution in [0.4, 0.5) is 0 Å². The van der Waals surface area contributed by atoms with Gasteiger partial charge in [-0.2, -0.15) is 0 Å². The number of esters is 1. The molecule has 0 fully saturated rings. The van der Waals surface area contributed by atoms with Crippen molar-refractivity contribution in [2.75, 3.05) is 6.61 Å². The van der Waals surface area contributed by atoms with Crippen molar-refractivity contribution >= 4 is 17.8 Å². The predicted octanol–water partition coefficient (Wildman–Crippen LogP) is 0.0625. The van der Waals surface area contributed by atoms with E-state index < -0.39 is 30.4 Å². The average Bonchev–Trinajstić information content (AvgIpc) is 2.86. The second-order valence-electron chi connectivity index (χ2n) is 4.25. The van der Waals surface area contributed by atoms with Crippen LogP contribution in [-0.4, -0.2) is 30.4 Å². The highest BCUT2D eigenvalue weighted by molar-refractivity contribution is 5.94. The van der Waals surface area contributed by atoms with Crippen LogP contribution in [0.5, 0.6) is 0 Å². The zero-order valence-corrected chi connectivity index (χ0v) is 10.7. The summed E-state index contributed by atoms with van der Waals surface area (Å²) in [5.74, 6) is -2.12. The molecule has 0 spiro atoms. The highest BCUT2D eigenvalue weighted by atomic mass is 16.5. The Balaban J connectivity index is 2.65. The van der Waals surface area contributed by atoms with Gasteiger partial charge in [-0.1, -0.05) is 13.8 Å². The quantitative estimate of drug-likeness (QED) is 0.709. The molecular weight excluding hydrogens is 252 g/mol. The molecule has 0 unspecified atom stereocenters. The van der Waals surface area contributed by atoms with Crippen LogP contribution in [0.2, 0.25) is 0 Å². The summed E-state index contributed by atoms with van der Waals surface area (Å²) in [6.45, 7) is 2.95. The van der Waals surface area contributed by atoms with Crippen molar-refractivity contribution in [3.8, 4) is 0 Å². The molecule has 1 atom stereocenters. The Morgan fingerprint density at radius 3 is 2.58 bits per heavy atom. The third kappa shape index (κ3) is 4.46. The number of amides is 2. The minimum atomic E-state index is -0.878. The summed E-state index contributed by atoms with van der Waals surface area (Å²) in [6, 6.07) is 2.16. The third-order valence-electron chi connectivity index (χ3n) is 2.31. The molecule has 1 rings (SSSR count). The molecule has 104 valence electrons. The maximum atomic E-state index is 11.8. The lowest BCUT2D eigenvalue weighted by Crippen LogP contribution is -2.45. The fourth-order valence-electron chi connectivity index (χ4n) is 1.35. The van der Waals surface area contributed by atoms with Gasteiger partial charge in [-0.15, -0.1) is 0 Å². The fourth-order valence-corrected chi connectivity index (χ4v) is 1.35. The smallest absolute Gasteiger partial charge is 0.329 e. The van der Waals surface area contributed by atoms with E-state index in [4.69, 9.17) is 10.2 Å². The summed E-state index contributed by atoms with van der Waals surface area (Å²) in [6.07, 6.45) is 1.35. The van der Waals surface area contributed by atoms with Gasteiger partial charge in [0.2, 0.25) is 0 Å². The van der Waals surface area contributed by atoms with E-state index in [-0.39, 0.29) is 11.7 Å². The summed E-state index contributed by atoms with van der Waals surface area (Å²) in [7, 11) is 0. The molecule has 0 aliphatic rings. The van der Waals surface area contributed by atoms with Crippen molar-refractivity contribution in [2.45, 2.75) is 19.9 Å². The van der Waals surface area contributed by atoms with E-state index in [1.54, 1.807) is 19.9 Å². The first-order valence-electron chi connectivity index (χ1n) is 5.71. The molecule has 0 saturated heterocycles. The maximum Gasteiger partial charge on any atom is 0.329 e. The number of nitrogens with two attached hydrogens (primary N) is 1. The van der Waals surface area contributed by atoms with Crippen molar-refractivity contribution in [1.29, 1.82) is 0 Å². The number of carbonyl (C=O) groups is 3. The molecule has 0 aromatic carbocycles. The molecule has 7 nitrogen and oxygen atoms in total. The minimum absolute atomic E-state index is 0.0911. The molecule has 0 bridgehead atoms. The number of hydrogen-bond donors (Lipinski definition) is 2. The number of carbonyl (C=O) groups excluding carboxylic acids is 3. The van der Waals surface area contributed by atoms with Gasteiger partial charge < -0.3 is 20.2 Å². The van der Waals surface area contributed by atoms with E-state index in [1.807, 2.05) is 0 Å². The topological polar surface area (TPSA) is 112 Å². The number of hydrogen-bond acceptors (Lipinski definition) is 5. The normalized spacial score (nSPS) is 11.9. The molecule has 0 radical (unpaired) electrons. The molecule has 0 aliphatic carbocycles. The summed E-state index contributed by atoms with van der Waals surface area (Å²) < 4.78 is 9.60. The van der Waals surface area contributed by atoms with Gasteiger partial charge in [-0.3, -0.25) is 9.59 Å². The third-order valence-corrected chi connectivity index (χ3v) is 2.31. The molecule has 1 heterocycles. The van der Waals surface area contributed by atoms with Gasteiger partial charge in [-0.05, 0) is 18.1 Å². The van der Waals surface area contributed by atoms with E-state index in [1.165, 1.54) is 12.3 Å². The maximum absolute atomic E-state index is 11.8. The number of nitrogens with one attached hydrogen (secondary N) is 1. The lowest BCUT2D eigenvalue weighted by atomic mass is 10.0. The van der Waals surface area contributed by atoms with Gasteiger partial charge in [0, 0.05) is 0 Å². The van der Waals surface area contributed by atoms with Crippen molar-refractivity contribution in [3.63, 3.8) is 0 Å². The van der Waals surface area contributed by atoms with Gasteiger partial charge in [0.15, 0.2) is 12.4 Å². The zero-order valence-electron chi connectivity index (χ0n) is 10.7. The van der Waals surface area contributed by atoms with Crippen LogP contribution >= 0.6 is 0 Å². The Morgan fingerprint density at radius 1 is 1.42 bits per heavy atom. The highest BCUT2D eigenvalue weighted by Gasteiger charge is 2.27. The summed E-state index contributed by atoms with van der Waals surface area (Å²) >= 11 is 0. The van der Waals surface area contributed by atoms with Crippen LogP contribution < -0.4 is 11.1 Å². The molecule has 3 N–H and O–H groups in total. The number of ether oxygens (including phenoxy) is 1. The lowest BCUT2D eigenvalue weighted by molar-refractivity contribution is -0.150. The van der Waals surface area contributed by atoms with Crippen LogP contribution in [-0.2, 0) is 14.3 Å². The molecule has 1 aromatic rings. The van der Waals surface area contributed by atoms with Crippen LogP contribution in [0.15, 0.2) is 22.8 Å². The molecular formula is C12H16N2O5.